The number of methoxy groups -OCH3 is 1. The quantitative estimate of drug-likeness (QED) is 0.312. The minimum atomic E-state index is -0.457. The van der Waals surface area contributed by atoms with Crippen molar-refractivity contribution in [1.82, 2.24) is 0 Å². The summed E-state index contributed by atoms with van der Waals surface area (Å²) in [6, 6.07) is 21.3. The van der Waals surface area contributed by atoms with E-state index in [2.05, 4.69) is 90.6 Å². The largest absolute Gasteiger partial charge is 0.435 e. The van der Waals surface area contributed by atoms with Gasteiger partial charge in [0.1, 0.15) is 6.79 Å². The molecule has 140 valence electrons. The van der Waals surface area contributed by atoms with Crippen LogP contribution in [0.15, 0.2) is 72.8 Å². The first-order valence-electron chi connectivity index (χ1n) is 8.40. The fraction of sp³-hybridized carbons (Fsp3) is 0.318. The van der Waals surface area contributed by atoms with E-state index in [1.165, 1.54) is 18.2 Å². The zero-order valence-electron chi connectivity index (χ0n) is 16.0. The Morgan fingerprint density at radius 2 is 1.38 bits per heavy atom. The Hall–Kier alpha value is -2.43. The molecule has 0 aliphatic heterocycles. The van der Waals surface area contributed by atoms with Crippen LogP contribution in [0.5, 0.6) is 0 Å². The summed E-state index contributed by atoms with van der Waals surface area (Å²) < 4.78 is 13.8. The van der Waals surface area contributed by atoms with Crippen LogP contribution in [-0.2, 0) is 24.4 Å². The smallest absolute Gasteiger partial charge is 0.335 e. The van der Waals surface area contributed by atoms with Crippen LogP contribution in [0.3, 0.4) is 0 Å². The normalized spacial score (nSPS) is 10.5. The topological polar surface area (TPSA) is 44.8 Å². The zero-order chi connectivity index (χ0) is 19.4. The number of rotatable bonds is 7. The summed E-state index contributed by atoms with van der Waals surface area (Å²) in [5.41, 5.74) is 3.15. The van der Waals surface area contributed by atoms with E-state index < -0.39 is 5.97 Å². The van der Waals surface area contributed by atoms with Gasteiger partial charge in [-0.05, 0) is 18.1 Å². The maximum Gasteiger partial charge on any atom is 0.335 e. The molecule has 0 aromatic heterocycles. The van der Waals surface area contributed by atoms with Crippen LogP contribution in [0.25, 0.3) is 0 Å². The van der Waals surface area contributed by atoms with Crippen molar-refractivity contribution in [2.75, 3.05) is 20.7 Å². The number of carbonyl (C=O) groups excluding carboxylic acids is 1. The van der Waals surface area contributed by atoms with Crippen molar-refractivity contribution in [3.63, 3.8) is 0 Å². The van der Waals surface area contributed by atoms with Gasteiger partial charge in [0, 0.05) is 18.1 Å². The van der Waals surface area contributed by atoms with Crippen molar-refractivity contribution >= 4 is 5.97 Å². The Morgan fingerprint density at radius 1 is 0.923 bits per heavy atom. The van der Waals surface area contributed by atoms with Crippen molar-refractivity contribution in [1.29, 1.82) is 0 Å². The molecule has 0 saturated carbocycles. The highest BCUT2D eigenvalue weighted by Gasteiger charge is 2.21. The second-order valence-corrected chi connectivity index (χ2v) is 6.30. The van der Waals surface area contributed by atoms with E-state index in [1.54, 1.807) is 6.92 Å². The molecule has 4 nitrogen and oxygen atoms in total. The second kappa shape index (κ2) is 11.2. The first-order valence-corrected chi connectivity index (χ1v) is 8.40. The third kappa shape index (κ3) is 7.21. The molecule has 0 amide bonds. The molecule has 26 heavy (non-hydrogen) atoms. The lowest BCUT2D eigenvalue weighted by molar-refractivity contribution is -0.161. The SMILES string of the molecule is C=C(C)C(=O)OCOCOC.CC(C)(c1ccccc1)c1ccccc1. The van der Waals surface area contributed by atoms with E-state index in [1.807, 2.05) is 0 Å². The summed E-state index contributed by atoms with van der Waals surface area (Å²) in [7, 11) is 1.49. The minimum absolute atomic E-state index is 0.0858. The lowest BCUT2D eigenvalue weighted by Gasteiger charge is -2.25. The molecule has 2 rings (SSSR count). The number of benzene rings is 2. The van der Waals surface area contributed by atoms with Crippen LogP contribution < -0.4 is 0 Å². The molecule has 2 aromatic rings. The van der Waals surface area contributed by atoms with Gasteiger partial charge in [0.25, 0.3) is 0 Å². The van der Waals surface area contributed by atoms with E-state index in [9.17, 15) is 4.79 Å². The fourth-order valence-electron chi connectivity index (χ4n) is 2.21. The Bertz CT molecular complexity index is 622. The van der Waals surface area contributed by atoms with Crippen LogP contribution in [-0.4, -0.2) is 26.7 Å². The maximum atomic E-state index is 10.7. The van der Waals surface area contributed by atoms with Gasteiger partial charge in [0.15, 0.2) is 6.79 Å². The lowest BCUT2D eigenvalue weighted by Crippen LogP contribution is -2.18. The van der Waals surface area contributed by atoms with E-state index in [0.29, 0.717) is 5.57 Å². The predicted octanol–water partition coefficient (Wildman–Crippen LogP) is 4.70. The maximum absolute atomic E-state index is 10.7. The molecule has 0 bridgehead atoms. The van der Waals surface area contributed by atoms with Gasteiger partial charge in [-0.3, -0.25) is 0 Å². The highest BCUT2D eigenvalue weighted by Crippen LogP contribution is 2.30. The first-order chi connectivity index (χ1) is 12.4. The fourth-order valence-corrected chi connectivity index (χ4v) is 2.21. The monoisotopic (exact) mass is 356 g/mol. The number of carbonyl (C=O) groups is 1. The standard InChI is InChI=1S/C15H16.C7H12O4/c1-15(2,13-9-5-3-6-10-13)14-11-7-4-8-12-14;1-6(2)7(8)11-5-10-4-9-3/h3-12H,1-2H3;1,4-5H2,2-3H3. The Morgan fingerprint density at radius 3 is 1.77 bits per heavy atom. The van der Waals surface area contributed by atoms with Crippen molar-refractivity contribution < 1.29 is 19.0 Å². The summed E-state index contributed by atoms with van der Waals surface area (Å²) in [6.07, 6.45) is 0. The molecule has 2 aromatic carbocycles. The van der Waals surface area contributed by atoms with Crippen molar-refractivity contribution in [2.24, 2.45) is 0 Å². The van der Waals surface area contributed by atoms with Gasteiger partial charge in [-0.1, -0.05) is 81.1 Å². The molecule has 0 unspecified atom stereocenters. The van der Waals surface area contributed by atoms with Crippen LogP contribution in [0.1, 0.15) is 31.9 Å². The molecule has 0 fully saturated rings. The number of ether oxygens (including phenoxy) is 3. The van der Waals surface area contributed by atoms with Crippen molar-refractivity contribution in [2.45, 2.75) is 26.2 Å². The molecule has 0 N–H and O–H groups in total. The van der Waals surface area contributed by atoms with Gasteiger partial charge >= 0.3 is 5.97 Å². The van der Waals surface area contributed by atoms with Crippen LogP contribution in [0, 0.1) is 0 Å². The number of hydrogen-bond donors (Lipinski definition) is 0. The Labute approximate surface area is 156 Å². The van der Waals surface area contributed by atoms with Gasteiger partial charge in [0.05, 0.1) is 0 Å². The third-order valence-corrected chi connectivity index (χ3v) is 3.81. The molecule has 0 heterocycles. The summed E-state index contributed by atoms with van der Waals surface area (Å²) in [4.78, 5) is 10.7. The molecular weight excluding hydrogens is 328 g/mol. The second-order valence-electron chi connectivity index (χ2n) is 6.30. The molecule has 0 aliphatic carbocycles. The average Bonchev–Trinajstić information content (AvgIpc) is 2.67. The van der Waals surface area contributed by atoms with Crippen LogP contribution in [0.4, 0.5) is 0 Å². The van der Waals surface area contributed by atoms with Gasteiger partial charge in [-0.15, -0.1) is 0 Å². The minimum Gasteiger partial charge on any atom is -0.435 e. The van der Waals surface area contributed by atoms with Gasteiger partial charge in [0.2, 0.25) is 0 Å². The summed E-state index contributed by atoms with van der Waals surface area (Å²) >= 11 is 0. The Balaban J connectivity index is 0.000000276. The van der Waals surface area contributed by atoms with Gasteiger partial charge in [-0.25, -0.2) is 4.79 Å². The predicted molar refractivity (Wildman–Crippen MR) is 104 cm³/mol. The summed E-state index contributed by atoms with van der Waals surface area (Å²) in [5, 5.41) is 0. The van der Waals surface area contributed by atoms with Crippen LogP contribution >= 0.6 is 0 Å². The molecular formula is C22H28O4. The lowest BCUT2D eigenvalue weighted by atomic mass is 9.78. The summed E-state index contributed by atoms with van der Waals surface area (Å²) in [5.74, 6) is -0.457. The zero-order valence-corrected chi connectivity index (χ0v) is 16.0. The number of hydrogen-bond acceptors (Lipinski definition) is 4. The van der Waals surface area contributed by atoms with Gasteiger partial charge < -0.3 is 14.2 Å². The van der Waals surface area contributed by atoms with Crippen molar-refractivity contribution in [3.05, 3.63) is 83.9 Å². The third-order valence-electron chi connectivity index (χ3n) is 3.81. The van der Waals surface area contributed by atoms with Gasteiger partial charge in [-0.2, -0.15) is 0 Å². The molecule has 0 aliphatic rings. The highest BCUT2D eigenvalue weighted by molar-refractivity contribution is 5.86. The molecule has 0 saturated heterocycles. The Kier molecular flexibility index (Phi) is 9.34. The van der Waals surface area contributed by atoms with Crippen molar-refractivity contribution in [3.8, 4) is 0 Å². The summed E-state index contributed by atoms with van der Waals surface area (Å²) in [6.45, 7) is 9.50. The number of esters is 1. The molecule has 0 spiro atoms. The average molecular weight is 356 g/mol. The first kappa shape index (κ1) is 21.6. The molecule has 0 atom stereocenters. The van der Waals surface area contributed by atoms with E-state index in [0.717, 1.165) is 0 Å². The van der Waals surface area contributed by atoms with E-state index in [4.69, 9.17) is 4.74 Å². The van der Waals surface area contributed by atoms with E-state index in [-0.39, 0.29) is 19.0 Å². The molecule has 4 heteroatoms. The molecule has 0 radical (unpaired) electrons. The van der Waals surface area contributed by atoms with Crippen LogP contribution in [0.2, 0.25) is 0 Å². The highest BCUT2D eigenvalue weighted by atomic mass is 16.7. The van der Waals surface area contributed by atoms with E-state index >= 15 is 0 Å².